The van der Waals surface area contributed by atoms with E-state index in [9.17, 15) is 0 Å². The van der Waals surface area contributed by atoms with Crippen LogP contribution in [0.5, 0.6) is 0 Å². The molecule has 2 aromatic rings. The van der Waals surface area contributed by atoms with Crippen molar-refractivity contribution in [1.82, 2.24) is 14.6 Å². The van der Waals surface area contributed by atoms with E-state index < -0.39 is 0 Å². The van der Waals surface area contributed by atoms with Gasteiger partial charge in [-0.3, -0.25) is 0 Å². The van der Waals surface area contributed by atoms with Gasteiger partial charge in [0.1, 0.15) is 5.52 Å². The first-order chi connectivity index (χ1) is 5.81. The number of fused-ring (bicyclic) bond motifs is 1. The van der Waals surface area contributed by atoms with Crippen molar-refractivity contribution in [2.24, 2.45) is 0 Å². The van der Waals surface area contributed by atoms with Crippen LogP contribution in [0.4, 0.5) is 0 Å². The van der Waals surface area contributed by atoms with Crippen LogP contribution < -0.4 is 0 Å². The van der Waals surface area contributed by atoms with Crippen molar-refractivity contribution in [3.8, 4) is 0 Å². The smallest absolute Gasteiger partial charge is 0.160 e. The van der Waals surface area contributed by atoms with E-state index in [0.29, 0.717) is 16.7 Å². The molecule has 5 heteroatoms. The first-order valence-electron chi connectivity index (χ1n) is 3.42. The standard InChI is InChI=1S/C7H6ClN3S/c8-7-5-2-1-3-11(5)10-6(4-12)9-7/h1-3,12H,4H2. The predicted octanol–water partition coefficient (Wildman–Crippen LogP) is 1.81. The lowest BCUT2D eigenvalue weighted by molar-refractivity contribution is 0.850. The first-order valence-corrected chi connectivity index (χ1v) is 4.43. The Morgan fingerprint density at radius 1 is 1.58 bits per heavy atom. The first kappa shape index (κ1) is 7.89. The van der Waals surface area contributed by atoms with Gasteiger partial charge >= 0.3 is 0 Å². The average molecular weight is 200 g/mol. The molecule has 0 saturated carbocycles. The fraction of sp³-hybridized carbons (Fsp3) is 0.143. The molecule has 0 amide bonds. The molecular weight excluding hydrogens is 194 g/mol. The molecule has 0 unspecified atom stereocenters. The predicted molar refractivity (Wildman–Crippen MR) is 50.7 cm³/mol. The van der Waals surface area contributed by atoms with Crippen LogP contribution in [0.25, 0.3) is 5.52 Å². The summed E-state index contributed by atoms with van der Waals surface area (Å²) in [7, 11) is 0. The molecule has 0 saturated heterocycles. The summed E-state index contributed by atoms with van der Waals surface area (Å²) in [6.45, 7) is 0. The lowest BCUT2D eigenvalue weighted by Crippen LogP contribution is -1.99. The van der Waals surface area contributed by atoms with Crippen LogP contribution in [-0.2, 0) is 5.75 Å². The Kier molecular flexibility index (Phi) is 1.94. The summed E-state index contributed by atoms with van der Waals surface area (Å²) in [4.78, 5) is 4.05. The van der Waals surface area contributed by atoms with Crippen LogP contribution in [0.2, 0.25) is 5.15 Å². The summed E-state index contributed by atoms with van der Waals surface area (Å²) < 4.78 is 1.70. The summed E-state index contributed by atoms with van der Waals surface area (Å²) >= 11 is 9.94. The van der Waals surface area contributed by atoms with Gasteiger partial charge in [-0.15, -0.1) is 0 Å². The molecule has 12 heavy (non-hydrogen) atoms. The molecule has 0 aromatic carbocycles. The van der Waals surface area contributed by atoms with Gasteiger partial charge in [0.15, 0.2) is 11.0 Å². The minimum atomic E-state index is 0.471. The van der Waals surface area contributed by atoms with Crippen molar-refractivity contribution in [3.05, 3.63) is 29.3 Å². The molecule has 0 aliphatic carbocycles. The van der Waals surface area contributed by atoms with Crippen LogP contribution in [0.1, 0.15) is 5.82 Å². The van der Waals surface area contributed by atoms with Crippen molar-refractivity contribution < 1.29 is 0 Å². The number of nitrogens with zero attached hydrogens (tertiary/aromatic N) is 3. The molecule has 2 heterocycles. The molecule has 2 rings (SSSR count). The van der Waals surface area contributed by atoms with Gasteiger partial charge in [-0.2, -0.15) is 17.7 Å². The van der Waals surface area contributed by atoms with Gasteiger partial charge in [0.05, 0.1) is 5.75 Å². The van der Waals surface area contributed by atoms with Crippen LogP contribution in [0.3, 0.4) is 0 Å². The Balaban J connectivity index is 2.75. The number of thiol groups is 1. The SMILES string of the molecule is SCc1nc(Cl)c2cccn2n1. The highest BCUT2D eigenvalue weighted by molar-refractivity contribution is 7.79. The van der Waals surface area contributed by atoms with Crippen molar-refractivity contribution in [2.75, 3.05) is 0 Å². The van der Waals surface area contributed by atoms with E-state index in [1.165, 1.54) is 0 Å². The highest BCUT2D eigenvalue weighted by Gasteiger charge is 2.02. The number of rotatable bonds is 1. The summed E-state index contributed by atoms with van der Waals surface area (Å²) in [5.41, 5.74) is 0.821. The maximum Gasteiger partial charge on any atom is 0.160 e. The molecule has 0 N–H and O–H groups in total. The van der Waals surface area contributed by atoms with Gasteiger partial charge in [0, 0.05) is 6.20 Å². The topological polar surface area (TPSA) is 30.2 Å². The van der Waals surface area contributed by atoms with Gasteiger partial charge in [-0.1, -0.05) is 11.6 Å². The Hall–Kier alpha value is -0.740. The lowest BCUT2D eigenvalue weighted by atomic mass is 10.5. The van der Waals surface area contributed by atoms with E-state index in [4.69, 9.17) is 11.6 Å². The summed E-state index contributed by atoms with van der Waals surface area (Å²) in [6, 6.07) is 3.74. The van der Waals surface area contributed by atoms with Gasteiger partial charge in [-0.25, -0.2) is 9.50 Å². The van der Waals surface area contributed by atoms with Crippen LogP contribution in [0, 0.1) is 0 Å². The Morgan fingerprint density at radius 2 is 2.42 bits per heavy atom. The van der Waals surface area contributed by atoms with Gasteiger partial charge < -0.3 is 0 Å². The minimum absolute atomic E-state index is 0.471. The van der Waals surface area contributed by atoms with Gasteiger partial charge in [-0.05, 0) is 12.1 Å². The monoisotopic (exact) mass is 199 g/mol. The van der Waals surface area contributed by atoms with E-state index in [1.54, 1.807) is 4.52 Å². The number of halogens is 1. The largest absolute Gasteiger partial charge is 0.236 e. The summed E-state index contributed by atoms with van der Waals surface area (Å²) in [5.74, 6) is 1.13. The second-order valence-electron chi connectivity index (χ2n) is 2.31. The zero-order valence-corrected chi connectivity index (χ0v) is 7.76. The van der Waals surface area contributed by atoms with Crippen molar-refractivity contribution in [1.29, 1.82) is 0 Å². The maximum absolute atomic E-state index is 5.88. The Morgan fingerprint density at radius 3 is 3.17 bits per heavy atom. The second kappa shape index (κ2) is 2.95. The Bertz CT molecular complexity index is 412. The summed E-state index contributed by atoms with van der Waals surface area (Å²) in [5, 5.41) is 4.63. The highest BCUT2D eigenvalue weighted by Crippen LogP contribution is 2.14. The normalized spacial score (nSPS) is 10.8. The molecule has 0 fully saturated rings. The minimum Gasteiger partial charge on any atom is -0.236 e. The third kappa shape index (κ3) is 1.17. The van der Waals surface area contributed by atoms with E-state index in [2.05, 4.69) is 22.7 Å². The third-order valence-electron chi connectivity index (χ3n) is 1.53. The lowest BCUT2D eigenvalue weighted by Gasteiger charge is -1.98. The zero-order valence-electron chi connectivity index (χ0n) is 6.11. The molecule has 3 nitrogen and oxygen atoms in total. The molecule has 2 aromatic heterocycles. The van der Waals surface area contributed by atoms with Gasteiger partial charge in [0.25, 0.3) is 0 Å². The summed E-state index contributed by atoms with van der Waals surface area (Å²) in [6.07, 6.45) is 1.83. The third-order valence-corrected chi connectivity index (χ3v) is 2.09. The molecule has 0 aliphatic rings. The quantitative estimate of drug-likeness (QED) is 0.711. The van der Waals surface area contributed by atoms with Crippen molar-refractivity contribution >= 4 is 29.7 Å². The molecule has 62 valence electrons. The van der Waals surface area contributed by atoms with E-state index >= 15 is 0 Å². The van der Waals surface area contributed by atoms with E-state index in [-0.39, 0.29) is 0 Å². The van der Waals surface area contributed by atoms with E-state index in [0.717, 1.165) is 5.52 Å². The van der Waals surface area contributed by atoms with Crippen molar-refractivity contribution in [3.63, 3.8) is 0 Å². The molecule has 0 radical (unpaired) electrons. The maximum atomic E-state index is 5.88. The van der Waals surface area contributed by atoms with Gasteiger partial charge in [0.2, 0.25) is 0 Å². The van der Waals surface area contributed by atoms with Crippen LogP contribution in [0.15, 0.2) is 18.3 Å². The van der Waals surface area contributed by atoms with Crippen molar-refractivity contribution in [2.45, 2.75) is 5.75 Å². The molecular formula is C7H6ClN3S. The number of hydrogen-bond donors (Lipinski definition) is 1. The Labute approximate surface area is 79.8 Å². The number of aromatic nitrogens is 3. The highest BCUT2D eigenvalue weighted by atomic mass is 35.5. The van der Waals surface area contributed by atoms with E-state index in [1.807, 2.05) is 18.3 Å². The zero-order chi connectivity index (χ0) is 8.55. The van der Waals surface area contributed by atoms with Crippen LogP contribution >= 0.6 is 24.2 Å². The average Bonchev–Trinajstić information content (AvgIpc) is 2.52. The second-order valence-corrected chi connectivity index (χ2v) is 2.99. The molecule has 0 aliphatic heterocycles. The fourth-order valence-electron chi connectivity index (χ4n) is 1.01. The van der Waals surface area contributed by atoms with Crippen LogP contribution in [-0.4, -0.2) is 14.6 Å². The molecule has 0 bridgehead atoms. The fourth-order valence-corrected chi connectivity index (χ4v) is 1.39. The molecule has 0 spiro atoms. The number of hydrogen-bond acceptors (Lipinski definition) is 3. The molecule has 0 atom stereocenters.